The monoisotopic (exact) mass is 316 g/mol. The van der Waals surface area contributed by atoms with Gasteiger partial charge in [-0.25, -0.2) is 8.42 Å². The molecule has 1 aromatic heterocycles. The van der Waals surface area contributed by atoms with Crippen molar-refractivity contribution in [2.75, 3.05) is 31.9 Å². The molecule has 1 fully saturated rings. The molecule has 2 heterocycles. The second kappa shape index (κ2) is 6.41. The zero-order valence-corrected chi connectivity index (χ0v) is 13.9. The van der Waals surface area contributed by atoms with E-state index in [-0.39, 0.29) is 17.7 Å². The van der Waals surface area contributed by atoms with Gasteiger partial charge in [0.15, 0.2) is 5.82 Å². The van der Waals surface area contributed by atoms with Crippen molar-refractivity contribution in [3.05, 3.63) is 11.7 Å². The quantitative estimate of drug-likeness (QED) is 0.812. The molecule has 0 bridgehead atoms. The summed E-state index contributed by atoms with van der Waals surface area (Å²) < 4.78 is 30.6. The summed E-state index contributed by atoms with van der Waals surface area (Å²) in [6.45, 7) is 10.1. The van der Waals surface area contributed by atoms with Crippen LogP contribution in [0.1, 0.15) is 51.4 Å². The normalized spacial score (nSPS) is 20.0. The number of sulfonamides is 1. The maximum atomic E-state index is 11.8. The van der Waals surface area contributed by atoms with Crippen LogP contribution in [0.4, 0.5) is 0 Å². The van der Waals surface area contributed by atoms with E-state index in [2.05, 4.69) is 15.0 Å². The molecule has 0 saturated carbocycles. The van der Waals surface area contributed by atoms with Crippen molar-refractivity contribution in [3.8, 4) is 0 Å². The second-order valence-electron chi connectivity index (χ2n) is 5.66. The number of rotatable bonds is 5. The minimum absolute atomic E-state index is 0.0106. The lowest BCUT2D eigenvalue weighted by Crippen LogP contribution is -2.49. The molecular weight excluding hydrogens is 292 g/mol. The van der Waals surface area contributed by atoms with Gasteiger partial charge in [-0.2, -0.15) is 9.29 Å². The maximum absolute atomic E-state index is 11.8. The Morgan fingerprint density at radius 1 is 1.19 bits per heavy atom. The van der Waals surface area contributed by atoms with Crippen LogP contribution in [0.15, 0.2) is 4.52 Å². The third kappa shape index (κ3) is 3.61. The Morgan fingerprint density at radius 2 is 1.81 bits per heavy atom. The predicted octanol–water partition coefficient (Wildman–Crippen LogP) is 1.22. The van der Waals surface area contributed by atoms with Crippen LogP contribution in [0, 0.1) is 0 Å². The van der Waals surface area contributed by atoms with E-state index < -0.39 is 10.0 Å². The summed E-state index contributed by atoms with van der Waals surface area (Å²) in [6, 6.07) is 0.0106. The van der Waals surface area contributed by atoms with Gasteiger partial charge in [-0.15, -0.1) is 0 Å². The van der Waals surface area contributed by atoms with E-state index in [0.29, 0.717) is 37.9 Å². The molecule has 0 amide bonds. The molecule has 2 rings (SSSR count). The van der Waals surface area contributed by atoms with Gasteiger partial charge in [-0.3, -0.25) is 4.90 Å². The average Bonchev–Trinajstić information content (AvgIpc) is 2.96. The first-order valence-corrected chi connectivity index (χ1v) is 9.01. The Bertz CT molecular complexity index is 562. The highest BCUT2D eigenvalue weighted by Gasteiger charge is 2.30. The van der Waals surface area contributed by atoms with Gasteiger partial charge >= 0.3 is 0 Å². The highest BCUT2D eigenvalue weighted by molar-refractivity contribution is 7.89. The van der Waals surface area contributed by atoms with E-state index >= 15 is 0 Å². The molecule has 1 unspecified atom stereocenters. The Balaban J connectivity index is 1.98. The van der Waals surface area contributed by atoms with Crippen LogP contribution in [0.25, 0.3) is 0 Å². The number of hydrogen-bond donors (Lipinski definition) is 0. The summed E-state index contributed by atoms with van der Waals surface area (Å²) in [4.78, 5) is 6.60. The topological polar surface area (TPSA) is 79.5 Å². The van der Waals surface area contributed by atoms with Crippen molar-refractivity contribution < 1.29 is 12.9 Å². The lowest BCUT2D eigenvalue weighted by Gasteiger charge is -2.35. The number of hydrogen-bond acceptors (Lipinski definition) is 6. The van der Waals surface area contributed by atoms with Crippen molar-refractivity contribution in [1.29, 1.82) is 0 Å². The van der Waals surface area contributed by atoms with E-state index in [1.807, 2.05) is 20.8 Å². The minimum Gasteiger partial charge on any atom is -0.338 e. The zero-order valence-electron chi connectivity index (χ0n) is 13.1. The number of piperazine rings is 1. The molecule has 21 heavy (non-hydrogen) atoms. The lowest BCUT2D eigenvalue weighted by atomic mass is 10.2. The summed E-state index contributed by atoms with van der Waals surface area (Å²) in [5, 5.41) is 3.98. The van der Waals surface area contributed by atoms with Gasteiger partial charge in [0, 0.05) is 32.1 Å². The maximum Gasteiger partial charge on any atom is 0.243 e. The Labute approximate surface area is 126 Å². The molecule has 0 N–H and O–H groups in total. The molecule has 0 radical (unpaired) electrons. The molecule has 7 nitrogen and oxygen atoms in total. The fourth-order valence-corrected chi connectivity index (χ4v) is 3.44. The van der Waals surface area contributed by atoms with E-state index in [4.69, 9.17) is 4.52 Å². The number of nitrogens with zero attached hydrogens (tertiary/aromatic N) is 4. The molecule has 1 aliphatic rings. The van der Waals surface area contributed by atoms with Gasteiger partial charge in [-0.05, 0) is 13.8 Å². The van der Waals surface area contributed by atoms with Crippen molar-refractivity contribution >= 4 is 10.0 Å². The van der Waals surface area contributed by atoms with Crippen molar-refractivity contribution in [3.63, 3.8) is 0 Å². The molecule has 8 heteroatoms. The second-order valence-corrected chi connectivity index (χ2v) is 7.91. The fourth-order valence-electron chi connectivity index (χ4n) is 2.36. The van der Waals surface area contributed by atoms with Crippen LogP contribution in [-0.4, -0.2) is 59.7 Å². The highest BCUT2D eigenvalue weighted by Crippen LogP contribution is 2.22. The van der Waals surface area contributed by atoms with E-state index in [1.54, 1.807) is 11.2 Å². The smallest absolute Gasteiger partial charge is 0.243 e. The summed E-state index contributed by atoms with van der Waals surface area (Å²) >= 11 is 0. The lowest BCUT2D eigenvalue weighted by molar-refractivity contribution is 0.124. The summed E-state index contributed by atoms with van der Waals surface area (Å²) in [6.07, 6.45) is 0. The SMILES string of the molecule is CCS(=O)(=O)N1CCN(C(C)c2nc(C(C)C)no2)CC1. The molecular formula is C13H24N4O3S. The molecule has 0 spiro atoms. The minimum atomic E-state index is -3.09. The van der Waals surface area contributed by atoms with Crippen LogP contribution >= 0.6 is 0 Å². The van der Waals surface area contributed by atoms with Gasteiger partial charge in [-0.1, -0.05) is 19.0 Å². The highest BCUT2D eigenvalue weighted by atomic mass is 32.2. The summed E-state index contributed by atoms with van der Waals surface area (Å²) in [5.41, 5.74) is 0. The molecule has 1 aromatic rings. The first kappa shape index (κ1) is 16.4. The van der Waals surface area contributed by atoms with Gasteiger partial charge in [0.2, 0.25) is 15.9 Å². The first-order valence-electron chi connectivity index (χ1n) is 7.40. The fraction of sp³-hybridized carbons (Fsp3) is 0.846. The Hall–Kier alpha value is -0.990. The largest absolute Gasteiger partial charge is 0.338 e. The van der Waals surface area contributed by atoms with E-state index in [9.17, 15) is 8.42 Å². The Morgan fingerprint density at radius 3 is 2.29 bits per heavy atom. The molecule has 1 atom stereocenters. The molecule has 0 aliphatic carbocycles. The average molecular weight is 316 g/mol. The third-order valence-corrected chi connectivity index (χ3v) is 5.79. The van der Waals surface area contributed by atoms with Crippen LogP contribution < -0.4 is 0 Å². The summed E-state index contributed by atoms with van der Waals surface area (Å²) in [7, 11) is -3.09. The van der Waals surface area contributed by atoms with Gasteiger partial charge in [0.25, 0.3) is 0 Å². The molecule has 1 aliphatic heterocycles. The van der Waals surface area contributed by atoms with Gasteiger partial charge in [0.1, 0.15) is 0 Å². The third-order valence-electron chi connectivity index (χ3n) is 3.91. The van der Waals surface area contributed by atoms with E-state index in [0.717, 1.165) is 0 Å². The summed E-state index contributed by atoms with van der Waals surface area (Å²) in [5.74, 6) is 1.71. The Kier molecular flexibility index (Phi) is 5.00. The van der Waals surface area contributed by atoms with Gasteiger partial charge in [0.05, 0.1) is 11.8 Å². The standard InChI is InChI=1S/C13H24N4O3S/c1-5-21(18,19)17-8-6-16(7-9-17)11(4)13-14-12(10(2)3)15-20-13/h10-11H,5-9H2,1-4H3. The van der Waals surface area contributed by atoms with Crippen LogP contribution in [0.2, 0.25) is 0 Å². The molecule has 0 aromatic carbocycles. The predicted molar refractivity (Wildman–Crippen MR) is 79.4 cm³/mol. The first-order chi connectivity index (χ1) is 9.85. The molecule has 1 saturated heterocycles. The van der Waals surface area contributed by atoms with E-state index in [1.165, 1.54) is 0 Å². The van der Waals surface area contributed by atoms with Crippen LogP contribution in [0.5, 0.6) is 0 Å². The van der Waals surface area contributed by atoms with Crippen molar-refractivity contribution in [2.24, 2.45) is 0 Å². The number of aromatic nitrogens is 2. The zero-order chi connectivity index (χ0) is 15.6. The van der Waals surface area contributed by atoms with Crippen molar-refractivity contribution in [2.45, 2.75) is 39.7 Å². The molecule has 120 valence electrons. The van der Waals surface area contributed by atoms with Crippen LogP contribution in [0.3, 0.4) is 0 Å². The van der Waals surface area contributed by atoms with Crippen molar-refractivity contribution in [1.82, 2.24) is 19.3 Å². The van der Waals surface area contributed by atoms with Crippen LogP contribution in [-0.2, 0) is 10.0 Å². The van der Waals surface area contributed by atoms with Gasteiger partial charge < -0.3 is 4.52 Å².